The van der Waals surface area contributed by atoms with Gasteiger partial charge in [-0.05, 0) is 24.1 Å². The highest BCUT2D eigenvalue weighted by Gasteiger charge is 2.14. The van der Waals surface area contributed by atoms with E-state index in [9.17, 15) is 9.59 Å². The third-order valence-corrected chi connectivity index (χ3v) is 2.62. The second-order valence-electron chi connectivity index (χ2n) is 4.28. The number of carbonyl (C=O) groups excluding carboxylic acids is 1. The summed E-state index contributed by atoms with van der Waals surface area (Å²) >= 11 is 0. The van der Waals surface area contributed by atoms with Gasteiger partial charge in [0.15, 0.2) is 0 Å². The molecule has 112 valence electrons. The molecule has 0 aliphatic carbocycles. The SMILES string of the molecule is C#CCOc1ccc(COC(=O)CC[C@H](N)C(=O)O)cc1. The van der Waals surface area contributed by atoms with Gasteiger partial charge < -0.3 is 20.3 Å². The van der Waals surface area contributed by atoms with E-state index in [2.05, 4.69) is 5.92 Å². The van der Waals surface area contributed by atoms with E-state index in [1.54, 1.807) is 24.3 Å². The molecule has 1 atom stereocenters. The number of aliphatic carboxylic acids is 1. The van der Waals surface area contributed by atoms with Crippen LogP contribution in [-0.2, 0) is 20.9 Å². The fourth-order valence-corrected chi connectivity index (χ4v) is 1.44. The van der Waals surface area contributed by atoms with Crippen LogP contribution in [-0.4, -0.2) is 29.7 Å². The van der Waals surface area contributed by atoms with Crippen LogP contribution in [0.25, 0.3) is 0 Å². The normalized spacial score (nSPS) is 11.2. The van der Waals surface area contributed by atoms with Crippen LogP contribution in [0.1, 0.15) is 18.4 Å². The monoisotopic (exact) mass is 291 g/mol. The Morgan fingerprint density at radius 3 is 2.57 bits per heavy atom. The van der Waals surface area contributed by atoms with Crippen molar-refractivity contribution >= 4 is 11.9 Å². The lowest BCUT2D eigenvalue weighted by atomic mass is 10.2. The van der Waals surface area contributed by atoms with Crippen molar-refractivity contribution in [1.82, 2.24) is 0 Å². The average Bonchev–Trinajstić information content (AvgIpc) is 2.49. The van der Waals surface area contributed by atoms with Gasteiger partial charge in [0.1, 0.15) is 25.0 Å². The molecule has 0 amide bonds. The third-order valence-electron chi connectivity index (χ3n) is 2.62. The summed E-state index contributed by atoms with van der Waals surface area (Å²) in [5, 5.41) is 8.59. The molecule has 0 fully saturated rings. The summed E-state index contributed by atoms with van der Waals surface area (Å²) < 4.78 is 10.2. The number of carboxylic acids is 1. The Bertz CT molecular complexity index is 518. The fraction of sp³-hybridized carbons (Fsp3) is 0.333. The van der Waals surface area contributed by atoms with Crippen molar-refractivity contribution in [3.05, 3.63) is 29.8 Å². The van der Waals surface area contributed by atoms with E-state index in [-0.39, 0.29) is 26.1 Å². The van der Waals surface area contributed by atoms with Crippen LogP contribution in [0.15, 0.2) is 24.3 Å². The van der Waals surface area contributed by atoms with Crippen LogP contribution >= 0.6 is 0 Å². The van der Waals surface area contributed by atoms with Crippen LogP contribution in [0, 0.1) is 12.3 Å². The van der Waals surface area contributed by atoms with Gasteiger partial charge in [-0.15, -0.1) is 6.42 Å². The molecular weight excluding hydrogens is 274 g/mol. The number of hydrogen-bond acceptors (Lipinski definition) is 5. The molecule has 0 bridgehead atoms. The van der Waals surface area contributed by atoms with Crippen molar-refractivity contribution < 1.29 is 24.2 Å². The number of esters is 1. The highest BCUT2D eigenvalue weighted by Crippen LogP contribution is 2.13. The number of nitrogens with two attached hydrogens (primary N) is 1. The molecule has 0 saturated heterocycles. The molecule has 21 heavy (non-hydrogen) atoms. The first-order valence-corrected chi connectivity index (χ1v) is 6.32. The minimum Gasteiger partial charge on any atom is -0.481 e. The maximum absolute atomic E-state index is 11.4. The molecule has 6 heteroatoms. The van der Waals surface area contributed by atoms with E-state index >= 15 is 0 Å². The Morgan fingerprint density at radius 2 is 2.00 bits per heavy atom. The summed E-state index contributed by atoms with van der Waals surface area (Å²) in [5.41, 5.74) is 6.08. The molecule has 0 aromatic heterocycles. The van der Waals surface area contributed by atoms with Crippen LogP contribution in [0.5, 0.6) is 5.75 Å². The van der Waals surface area contributed by atoms with E-state index in [0.717, 1.165) is 5.56 Å². The smallest absolute Gasteiger partial charge is 0.320 e. The van der Waals surface area contributed by atoms with Crippen molar-refractivity contribution in [2.75, 3.05) is 6.61 Å². The van der Waals surface area contributed by atoms with E-state index in [1.807, 2.05) is 0 Å². The van der Waals surface area contributed by atoms with Crippen LogP contribution < -0.4 is 10.5 Å². The lowest BCUT2D eigenvalue weighted by molar-refractivity contribution is -0.145. The molecule has 0 aliphatic rings. The third kappa shape index (κ3) is 6.45. The van der Waals surface area contributed by atoms with Gasteiger partial charge in [0, 0.05) is 6.42 Å². The van der Waals surface area contributed by atoms with E-state index in [4.69, 9.17) is 26.7 Å². The Labute approximate surface area is 122 Å². The Morgan fingerprint density at radius 1 is 1.33 bits per heavy atom. The second kappa shape index (κ2) is 8.61. The van der Waals surface area contributed by atoms with E-state index in [0.29, 0.717) is 5.75 Å². The number of rotatable bonds is 8. The Balaban J connectivity index is 2.33. The summed E-state index contributed by atoms with van der Waals surface area (Å²) in [5.74, 6) is 1.37. The minimum atomic E-state index is -1.13. The first-order valence-electron chi connectivity index (χ1n) is 6.32. The molecule has 0 heterocycles. The number of carbonyl (C=O) groups is 2. The number of benzene rings is 1. The zero-order valence-electron chi connectivity index (χ0n) is 11.5. The van der Waals surface area contributed by atoms with Crippen molar-refractivity contribution in [3.8, 4) is 18.1 Å². The van der Waals surface area contributed by atoms with Gasteiger partial charge in [-0.3, -0.25) is 9.59 Å². The highest BCUT2D eigenvalue weighted by atomic mass is 16.5. The highest BCUT2D eigenvalue weighted by molar-refractivity contribution is 5.75. The largest absolute Gasteiger partial charge is 0.481 e. The molecule has 1 rings (SSSR count). The van der Waals surface area contributed by atoms with E-state index in [1.165, 1.54) is 0 Å². The Kier molecular flexibility index (Phi) is 6.78. The molecule has 0 unspecified atom stereocenters. The summed E-state index contributed by atoms with van der Waals surface area (Å²) in [6, 6.07) is 5.90. The van der Waals surface area contributed by atoms with Gasteiger partial charge in [0.05, 0.1) is 0 Å². The first-order chi connectivity index (χ1) is 10.0. The van der Waals surface area contributed by atoms with Crippen molar-refractivity contribution in [2.45, 2.75) is 25.5 Å². The summed E-state index contributed by atoms with van der Waals surface area (Å²) in [7, 11) is 0. The molecule has 0 spiro atoms. The van der Waals surface area contributed by atoms with Crippen LogP contribution in [0.3, 0.4) is 0 Å². The lowest BCUT2D eigenvalue weighted by Gasteiger charge is -2.08. The zero-order chi connectivity index (χ0) is 15.7. The topological polar surface area (TPSA) is 98.9 Å². The van der Waals surface area contributed by atoms with Gasteiger partial charge in [-0.25, -0.2) is 0 Å². The minimum absolute atomic E-state index is 0.0309. The van der Waals surface area contributed by atoms with Crippen molar-refractivity contribution in [2.24, 2.45) is 5.73 Å². The quantitative estimate of drug-likeness (QED) is 0.546. The lowest BCUT2D eigenvalue weighted by Crippen LogP contribution is -2.30. The van der Waals surface area contributed by atoms with Crippen LogP contribution in [0.2, 0.25) is 0 Å². The molecule has 6 nitrogen and oxygen atoms in total. The number of ether oxygens (including phenoxy) is 2. The Hall–Kier alpha value is -2.52. The molecule has 1 aromatic rings. The van der Waals surface area contributed by atoms with Gasteiger partial charge in [-0.1, -0.05) is 18.1 Å². The number of hydrogen-bond donors (Lipinski definition) is 2. The average molecular weight is 291 g/mol. The number of carboxylic acid groups (broad SMARTS) is 1. The van der Waals surface area contributed by atoms with Gasteiger partial charge in [0.25, 0.3) is 0 Å². The molecular formula is C15H17NO5. The van der Waals surface area contributed by atoms with Gasteiger partial charge in [-0.2, -0.15) is 0 Å². The molecule has 3 N–H and O–H groups in total. The predicted molar refractivity (Wildman–Crippen MR) is 75.4 cm³/mol. The maximum atomic E-state index is 11.4. The predicted octanol–water partition coefficient (Wildman–Crippen LogP) is 0.934. The van der Waals surface area contributed by atoms with Crippen molar-refractivity contribution in [1.29, 1.82) is 0 Å². The van der Waals surface area contributed by atoms with Gasteiger partial charge in [0.2, 0.25) is 0 Å². The summed E-state index contributed by atoms with van der Waals surface area (Å²) in [6.45, 7) is 0.300. The summed E-state index contributed by atoms with van der Waals surface area (Å²) in [4.78, 5) is 21.9. The first kappa shape index (κ1) is 16.5. The molecule has 0 aliphatic heterocycles. The van der Waals surface area contributed by atoms with Crippen LogP contribution in [0.4, 0.5) is 0 Å². The number of terminal acetylenes is 1. The van der Waals surface area contributed by atoms with Crippen molar-refractivity contribution in [3.63, 3.8) is 0 Å². The van der Waals surface area contributed by atoms with E-state index < -0.39 is 18.0 Å². The molecule has 0 radical (unpaired) electrons. The standard InChI is InChI=1S/C15H17NO5/c1-2-9-20-12-5-3-11(4-6-12)10-21-14(17)8-7-13(16)15(18)19/h1,3-6,13H,7-10,16H2,(H,18,19)/t13-/m0/s1. The summed E-state index contributed by atoms with van der Waals surface area (Å²) in [6.07, 6.45) is 5.10. The second-order valence-corrected chi connectivity index (χ2v) is 4.28. The fourth-order valence-electron chi connectivity index (χ4n) is 1.44. The molecule has 0 saturated carbocycles. The maximum Gasteiger partial charge on any atom is 0.320 e. The molecule has 1 aromatic carbocycles. The van der Waals surface area contributed by atoms with Gasteiger partial charge >= 0.3 is 11.9 Å². The zero-order valence-corrected chi connectivity index (χ0v) is 11.5.